The van der Waals surface area contributed by atoms with Gasteiger partial charge in [0.25, 0.3) is 0 Å². The van der Waals surface area contributed by atoms with Gasteiger partial charge in [0.05, 0.1) is 5.52 Å². The first-order chi connectivity index (χ1) is 9.83. The van der Waals surface area contributed by atoms with Crippen LogP contribution in [0, 0.1) is 6.92 Å². The SMILES string of the molecule is Cc1ccncc1CNCc1ccc2ncccc2c1. The average molecular weight is 263 g/mol. The molecule has 0 radical (unpaired) electrons. The zero-order chi connectivity index (χ0) is 13.8. The fraction of sp³-hybridized carbons (Fsp3) is 0.176. The first kappa shape index (κ1) is 12.8. The zero-order valence-electron chi connectivity index (χ0n) is 11.5. The highest BCUT2D eigenvalue weighted by atomic mass is 14.9. The summed E-state index contributed by atoms with van der Waals surface area (Å²) < 4.78 is 0. The molecule has 3 heteroatoms. The normalized spacial score (nSPS) is 10.8. The van der Waals surface area contributed by atoms with E-state index in [9.17, 15) is 0 Å². The van der Waals surface area contributed by atoms with Gasteiger partial charge in [-0.2, -0.15) is 0 Å². The van der Waals surface area contributed by atoms with E-state index in [2.05, 4.69) is 46.5 Å². The van der Waals surface area contributed by atoms with Crippen LogP contribution in [0.5, 0.6) is 0 Å². The third-order valence-corrected chi connectivity index (χ3v) is 3.46. The maximum atomic E-state index is 4.33. The van der Waals surface area contributed by atoms with E-state index >= 15 is 0 Å². The van der Waals surface area contributed by atoms with Gasteiger partial charge in [-0.1, -0.05) is 12.1 Å². The third-order valence-electron chi connectivity index (χ3n) is 3.46. The van der Waals surface area contributed by atoms with Crippen LogP contribution in [0.2, 0.25) is 0 Å². The van der Waals surface area contributed by atoms with Crippen molar-refractivity contribution in [3.8, 4) is 0 Å². The molecule has 0 aliphatic rings. The second-order valence-electron chi connectivity index (χ2n) is 4.94. The Balaban J connectivity index is 1.67. The van der Waals surface area contributed by atoms with Crippen LogP contribution in [-0.4, -0.2) is 9.97 Å². The van der Waals surface area contributed by atoms with Crippen molar-refractivity contribution in [2.45, 2.75) is 20.0 Å². The molecule has 20 heavy (non-hydrogen) atoms. The van der Waals surface area contributed by atoms with Gasteiger partial charge in [0.1, 0.15) is 0 Å². The summed E-state index contributed by atoms with van der Waals surface area (Å²) in [6.07, 6.45) is 5.58. The van der Waals surface area contributed by atoms with Crippen molar-refractivity contribution >= 4 is 10.9 Å². The number of hydrogen-bond donors (Lipinski definition) is 1. The summed E-state index contributed by atoms with van der Waals surface area (Å²) in [5.41, 5.74) is 4.83. The molecule has 0 saturated heterocycles. The fourth-order valence-corrected chi connectivity index (χ4v) is 2.26. The van der Waals surface area contributed by atoms with Gasteiger partial charge >= 0.3 is 0 Å². The molecule has 0 bridgehead atoms. The molecule has 0 spiro atoms. The number of aryl methyl sites for hydroxylation is 1. The van der Waals surface area contributed by atoms with Gasteiger partial charge < -0.3 is 5.32 Å². The van der Waals surface area contributed by atoms with Gasteiger partial charge in [-0.05, 0) is 47.9 Å². The molecule has 3 nitrogen and oxygen atoms in total. The maximum absolute atomic E-state index is 4.33. The van der Waals surface area contributed by atoms with E-state index in [4.69, 9.17) is 0 Å². The van der Waals surface area contributed by atoms with Crippen LogP contribution in [0.15, 0.2) is 55.0 Å². The molecule has 1 aromatic carbocycles. The molecule has 2 aromatic heterocycles. The number of pyridine rings is 2. The molecule has 1 N–H and O–H groups in total. The summed E-state index contributed by atoms with van der Waals surface area (Å²) in [5.74, 6) is 0. The van der Waals surface area contributed by atoms with E-state index in [0.29, 0.717) is 0 Å². The number of nitrogens with one attached hydrogen (secondary N) is 1. The van der Waals surface area contributed by atoms with Gasteiger partial charge in [-0.25, -0.2) is 0 Å². The van der Waals surface area contributed by atoms with Gasteiger partial charge in [0.2, 0.25) is 0 Å². The Morgan fingerprint density at radius 2 is 2.00 bits per heavy atom. The average Bonchev–Trinajstić information content (AvgIpc) is 2.49. The van der Waals surface area contributed by atoms with E-state index < -0.39 is 0 Å². The van der Waals surface area contributed by atoms with Crippen LogP contribution < -0.4 is 5.32 Å². The molecule has 0 unspecified atom stereocenters. The maximum Gasteiger partial charge on any atom is 0.0702 e. The van der Waals surface area contributed by atoms with Crippen molar-refractivity contribution in [2.24, 2.45) is 0 Å². The van der Waals surface area contributed by atoms with Crippen molar-refractivity contribution in [1.82, 2.24) is 15.3 Å². The zero-order valence-corrected chi connectivity index (χ0v) is 11.5. The molecular weight excluding hydrogens is 246 g/mol. The van der Waals surface area contributed by atoms with Crippen molar-refractivity contribution in [1.29, 1.82) is 0 Å². The minimum absolute atomic E-state index is 0.838. The number of benzene rings is 1. The van der Waals surface area contributed by atoms with Crippen LogP contribution in [-0.2, 0) is 13.1 Å². The predicted octanol–water partition coefficient (Wildman–Crippen LogP) is 3.23. The van der Waals surface area contributed by atoms with Crippen LogP contribution in [0.1, 0.15) is 16.7 Å². The highest BCUT2D eigenvalue weighted by Gasteiger charge is 1.99. The van der Waals surface area contributed by atoms with Crippen LogP contribution in [0.4, 0.5) is 0 Å². The van der Waals surface area contributed by atoms with E-state index in [1.807, 2.05) is 30.7 Å². The first-order valence-electron chi connectivity index (χ1n) is 6.77. The quantitative estimate of drug-likeness (QED) is 0.785. The third kappa shape index (κ3) is 2.83. The minimum Gasteiger partial charge on any atom is -0.309 e. The topological polar surface area (TPSA) is 37.8 Å². The lowest BCUT2D eigenvalue weighted by Crippen LogP contribution is -2.13. The Bertz CT molecular complexity index is 722. The largest absolute Gasteiger partial charge is 0.309 e. The highest BCUT2D eigenvalue weighted by Crippen LogP contribution is 2.13. The minimum atomic E-state index is 0.838. The predicted molar refractivity (Wildman–Crippen MR) is 81.3 cm³/mol. The summed E-state index contributed by atoms with van der Waals surface area (Å²) in [7, 11) is 0. The molecule has 0 amide bonds. The molecule has 0 aliphatic carbocycles. The van der Waals surface area contributed by atoms with Crippen molar-refractivity contribution in [3.63, 3.8) is 0 Å². The van der Waals surface area contributed by atoms with Gasteiger partial charge in [-0.15, -0.1) is 0 Å². The molecule has 100 valence electrons. The van der Waals surface area contributed by atoms with Crippen LogP contribution in [0.3, 0.4) is 0 Å². The summed E-state index contributed by atoms with van der Waals surface area (Å²) in [4.78, 5) is 8.50. The summed E-state index contributed by atoms with van der Waals surface area (Å²) >= 11 is 0. The Morgan fingerprint density at radius 3 is 2.90 bits per heavy atom. The van der Waals surface area contributed by atoms with Crippen molar-refractivity contribution in [2.75, 3.05) is 0 Å². The molecule has 3 rings (SSSR count). The van der Waals surface area contributed by atoms with Crippen LogP contribution >= 0.6 is 0 Å². The van der Waals surface area contributed by atoms with Gasteiger partial charge in [-0.3, -0.25) is 9.97 Å². The fourth-order valence-electron chi connectivity index (χ4n) is 2.26. The van der Waals surface area contributed by atoms with Gasteiger partial charge in [0, 0.05) is 37.1 Å². The number of aromatic nitrogens is 2. The van der Waals surface area contributed by atoms with Gasteiger partial charge in [0.15, 0.2) is 0 Å². The second-order valence-corrected chi connectivity index (χ2v) is 4.94. The molecule has 0 atom stereocenters. The molecule has 3 aromatic rings. The molecule has 0 fully saturated rings. The Hall–Kier alpha value is -2.26. The van der Waals surface area contributed by atoms with Crippen molar-refractivity contribution < 1.29 is 0 Å². The van der Waals surface area contributed by atoms with E-state index in [-0.39, 0.29) is 0 Å². The Morgan fingerprint density at radius 1 is 1.05 bits per heavy atom. The molecular formula is C17H17N3. The highest BCUT2D eigenvalue weighted by molar-refractivity contribution is 5.78. The van der Waals surface area contributed by atoms with E-state index in [1.54, 1.807) is 0 Å². The Kier molecular flexibility index (Phi) is 3.70. The summed E-state index contributed by atoms with van der Waals surface area (Å²) in [6.45, 7) is 3.80. The standard InChI is InChI=1S/C17H17N3/c1-13-6-8-18-11-16(13)12-19-10-14-4-5-17-15(9-14)3-2-7-20-17/h2-9,11,19H,10,12H2,1H3. The molecule has 2 heterocycles. The lowest BCUT2D eigenvalue weighted by atomic mass is 10.1. The monoisotopic (exact) mass is 263 g/mol. The molecule has 0 saturated carbocycles. The first-order valence-corrected chi connectivity index (χ1v) is 6.77. The summed E-state index contributed by atoms with van der Waals surface area (Å²) in [5, 5.41) is 4.65. The van der Waals surface area contributed by atoms with Crippen LogP contribution in [0.25, 0.3) is 10.9 Å². The summed E-state index contributed by atoms with van der Waals surface area (Å²) in [6, 6.07) is 12.5. The Labute approximate surface area is 118 Å². The number of hydrogen-bond acceptors (Lipinski definition) is 3. The van der Waals surface area contributed by atoms with E-state index in [1.165, 1.54) is 22.1 Å². The lowest BCUT2D eigenvalue weighted by Gasteiger charge is -2.08. The van der Waals surface area contributed by atoms with E-state index in [0.717, 1.165) is 18.6 Å². The number of fused-ring (bicyclic) bond motifs is 1. The number of nitrogens with zero attached hydrogens (tertiary/aromatic N) is 2. The second kappa shape index (κ2) is 5.80. The number of rotatable bonds is 4. The molecule has 0 aliphatic heterocycles. The smallest absolute Gasteiger partial charge is 0.0702 e. The lowest BCUT2D eigenvalue weighted by molar-refractivity contribution is 0.689. The van der Waals surface area contributed by atoms with Crippen molar-refractivity contribution in [3.05, 3.63) is 71.7 Å².